The van der Waals surface area contributed by atoms with Crippen LogP contribution in [0.5, 0.6) is 5.75 Å². The molecular weight excluding hydrogens is 362 g/mol. The van der Waals surface area contributed by atoms with Crippen LogP contribution in [0, 0.1) is 0 Å². The third kappa shape index (κ3) is 3.65. The van der Waals surface area contributed by atoms with E-state index in [9.17, 15) is 9.90 Å². The Labute approximate surface area is 154 Å². The maximum atomic E-state index is 11.2. The molecule has 1 atom stereocenters. The van der Waals surface area contributed by atoms with E-state index in [0.29, 0.717) is 27.8 Å². The number of halogens is 1. The summed E-state index contributed by atoms with van der Waals surface area (Å²) < 4.78 is 10.9. The Hall–Kier alpha value is -2.44. The van der Waals surface area contributed by atoms with E-state index < -0.39 is 11.2 Å². The van der Waals surface area contributed by atoms with Crippen molar-refractivity contribution >= 4 is 30.2 Å². The zero-order chi connectivity index (χ0) is 18.0. The van der Waals surface area contributed by atoms with E-state index in [4.69, 9.17) is 20.8 Å². The van der Waals surface area contributed by atoms with Crippen LogP contribution in [0.3, 0.4) is 0 Å². The molecule has 128 valence electrons. The molecule has 1 N–H and O–H groups in total. The smallest absolute Gasteiger partial charge is 0.325 e. The number of thiol groups is 1. The van der Waals surface area contributed by atoms with Crippen LogP contribution in [0.1, 0.15) is 11.1 Å². The summed E-state index contributed by atoms with van der Waals surface area (Å²) in [6.07, 6.45) is 0. The Kier molecular flexibility index (Phi) is 5.01. The highest BCUT2D eigenvalue weighted by Gasteiger charge is 2.25. The van der Waals surface area contributed by atoms with Crippen LogP contribution in [0.15, 0.2) is 52.9 Å². The third-order valence-electron chi connectivity index (χ3n) is 3.56. The van der Waals surface area contributed by atoms with Gasteiger partial charge in [0.2, 0.25) is 5.89 Å². The fourth-order valence-corrected chi connectivity index (χ4v) is 2.63. The number of carboxylic acids is 1. The Morgan fingerprint density at radius 3 is 2.56 bits per heavy atom. The van der Waals surface area contributed by atoms with Gasteiger partial charge in [-0.1, -0.05) is 23.7 Å². The minimum absolute atomic E-state index is 0.0108. The molecule has 0 saturated carbocycles. The summed E-state index contributed by atoms with van der Waals surface area (Å²) in [6.45, 7) is 0. The number of rotatable bonds is 5. The number of hydrogen-bond donors (Lipinski definition) is 2. The molecule has 3 rings (SSSR count). The Balaban J connectivity index is 2.15. The molecule has 7 heteroatoms. The van der Waals surface area contributed by atoms with E-state index in [1.807, 2.05) is 18.2 Å². The second-order valence-corrected chi connectivity index (χ2v) is 6.16. The van der Waals surface area contributed by atoms with E-state index in [2.05, 4.69) is 17.6 Å². The number of aliphatic carboxylic acids is 1. The molecule has 5 nitrogen and oxygen atoms in total. The summed E-state index contributed by atoms with van der Waals surface area (Å²) in [6, 6.07) is 14.3. The van der Waals surface area contributed by atoms with Gasteiger partial charge < -0.3 is 14.3 Å². The summed E-state index contributed by atoms with van der Waals surface area (Å²) in [5, 5.41) is 8.55. The lowest BCUT2D eigenvalue weighted by Gasteiger charge is -2.04. The second kappa shape index (κ2) is 7.21. The van der Waals surface area contributed by atoms with Gasteiger partial charge in [0.25, 0.3) is 0 Å². The molecule has 25 heavy (non-hydrogen) atoms. The van der Waals surface area contributed by atoms with Crippen LogP contribution in [0.25, 0.3) is 22.6 Å². The number of aromatic nitrogens is 1. The first-order chi connectivity index (χ1) is 12.0. The lowest BCUT2D eigenvalue weighted by atomic mass is 10.1. The molecule has 3 aromatic rings. The summed E-state index contributed by atoms with van der Waals surface area (Å²) in [5.41, 5.74) is 1.97. The normalized spacial score (nSPS) is 12.0. The summed E-state index contributed by atoms with van der Waals surface area (Å²) in [5.74, 6) is 0.0116. The molecule has 2 aromatic carbocycles. The van der Waals surface area contributed by atoms with Crippen molar-refractivity contribution in [3.8, 4) is 28.3 Å². The molecule has 0 aliphatic rings. The van der Waals surface area contributed by atoms with Crippen LogP contribution in [0.4, 0.5) is 0 Å². The largest absolute Gasteiger partial charge is 0.497 e. The van der Waals surface area contributed by atoms with E-state index >= 15 is 0 Å². The first kappa shape index (κ1) is 17.4. The fourth-order valence-electron chi connectivity index (χ4n) is 2.33. The van der Waals surface area contributed by atoms with Crippen molar-refractivity contribution in [3.63, 3.8) is 0 Å². The van der Waals surface area contributed by atoms with Gasteiger partial charge in [-0.25, -0.2) is 4.98 Å². The minimum Gasteiger partial charge on any atom is -0.497 e. The Bertz CT molecular complexity index is 908. The van der Waals surface area contributed by atoms with Crippen molar-refractivity contribution in [2.45, 2.75) is 5.25 Å². The molecule has 1 aromatic heterocycles. The number of hydrogen-bond acceptors (Lipinski definition) is 5. The molecule has 0 fully saturated rings. The molecule has 0 spiro atoms. The van der Waals surface area contributed by atoms with E-state index in [1.165, 1.54) is 0 Å². The van der Waals surface area contributed by atoms with Crippen LogP contribution in [-0.4, -0.2) is 23.2 Å². The van der Waals surface area contributed by atoms with Crippen molar-refractivity contribution in [2.75, 3.05) is 7.11 Å². The number of methoxy groups -OCH3 is 1. The number of nitrogens with zero attached hydrogens (tertiary/aromatic N) is 1. The number of oxazole rings is 1. The van der Waals surface area contributed by atoms with Crippen molar-refractivity contribution in [1.29, 1.82) is 0 Å². The van der Waals surface area contributed by atoms with Crippen molar-refractivity contribution in [3.05, 3.63) is 59.4 Å². The van der Waals surface area contributed by atoms with Gasteiger partial charge in [-0.05, 0) is 36.4 Å². The maximum absolute atomic E-state index is 11.2. The van der Waals surface area contributed by atoms with E-state index in [1.54, 1.807) is 37.4 Å². The summed E-state index contributed by atoms with van der Waals surface area (Å²) in [4.78, 5) is 15.6. The lowest BCUT2D eigenvalue weighted by molar-refractivity contribution is -0.136. The van der Waals surface area contributed by atoms with Crippen molar-refractivity contribution < 1.29 is 19.1 Å². The molecule has 0 radical (unpaired) electrons. The SMILES string of the molecule is COc1ccc(-c2nc(C(S)C(=O)O)oc2-c2cccc(Cl)c2)cc1. The number of ether oxygens (including phenoxy) is 1. The Morgan fingerprint density at radius 2 is 1.96 bits per heavy atom. The van der Waals surface area contributed by atoms with Crippen LogP contribution < -0.4 is 4.74 Å². The zero-order valence-electron chi connectivity index (χ0n) is 13.1. The number of benzene rings is 2. The average molecular weight is 376 g/mol. The van der Waals surface area contributed by atoms with Crippen LogP contribution in [-0.2, 0) is 4.79 Å². The highest BCUT2D eigenvalue weighted by molar-refractivity contribution is 7.81. The maximum Gasteiger partial charge on any atom is 0.325 e. The molecule has 0 bridgehead atoms. The van der Waals surface area contributed by atoms with Gasteiger partial charge in [-0.15, -0.1) is 0 Å². The number of carboxylic acid groups (broad SMARTS) is 1. The predicted molar refractivity (Wildman–Crippen MR) is 98.3 cm³/mol. The topological polar surface area (TPSA) is 72.6 Å². The summed E-state index contributed by atoms with van der Waals surface area (Å²) in [7, 11) is 1.58. The van der Waals surface area contributed by atoms with Crippen molar-refractivity contribution in [1.82, 2.24) is 4.98 Å². The van der Waals surface area contributed by atoms with Crippen molar-refractivity contribution in [2.24, 2.45) is 0 Å². The minimum atomic E-state index is -1.16. The fraction of sp³-hybridized carbons (Fsp3) is 0.111. The lowest BCUT2D eigenvalue weighted by Crippen LogP contribution is -2.05. The van der Waals surface area contributed by atoms with Gasteiger partial charge in [0, 0.05) is 16.1 Å². The summed E-state index contributed by atoms with van der Waals surface area (Å²) >= 11 is 10.1. The molecular formula is C18H14ClNO4S. The van der Waals surface area contributed by atoms with Gasteiger partial charge in [0.1, 0.15) is 11.4 Å². The molecule has 1 heterocycles. The third-order valence-corrected chi connectivity index (χ3v) is 4.24. The zero-order valence-corrected chi connectivity index (χ0v) is 14.8. The quantitative estimate of drug-likeness (QED) is 0.631. The van der Waals surface area contributed by atoms with E-state index in [-0.39, 0.29) is 5.89 Å². The highest BCUT2D eigenvalue weighted by atomic mass is 35.5. The predicted octanol–water partition coefficient (Wildman–Crippen LogP) is 4.73. The highest BCUT2D eigenvalue weighted by Crippen LogP contribution is 2.36. The van der Waals surface area contributed by atoms with Crippen LogP contribution in [0.2, 0.25) is 5.02 Å². The molecule has 1 unspecified atom stereocenters. The van der Waals surface area contributed by atoms with Gasteiger partial charge in [0.05, 0.1) is 7.11 Å². The van der Waals surface area contributed by atoms with Crippen LogP contribution >= 0.6 is 24.2 Å². The first-order valence-corrected chi connectivity index (χ1v) is 8.21. The molecule has 0 amide bonds. The molecule has 0 aliphatic heterocycles. The second-order valence-electron chi connectivity index (χ2n) is 5.21. The van der Waals surface area contributed by atoms with Gasteiger partial charge in [-0.3, -0.25) is 4.79 Å². The van der Waals surface area contributed by atoms with Gasteiger partial charge in [0.15, 0.2) is 11.0 Å². The molecule has 0 aliphatic carbocycles. The standard InChI is InChI=1S/C18H14ClNO4S/c1-23-13-7-5-10(6-8-13)14-15(11-3-2-4-12(19)9-11)24-17(20-14)16(25)18(21)22/h2-9,16,25H,1H3,(H,21,22). The average Bonchev–Trinajstić information content (AvgIpc) is 3.06. The first-order valence-electron chi connectivity index (χ1n) is 7.31. The molecule has 0 saturated heterocycles. The van der Waals surface area contributed by atoms with Gasteiger partial charge >= 0.3 is 5.97 Å². The van der Waals surface area contributed by atoms with E-state index in [0.717, 1.165) is 5.56 Å². The number of carbonyl (C=O) groups is 1. The van der Waals surface area contributed by atoms with Gasteiger partial charge in [-0.2, -0.15) is 12.6 Å². The Morgan fingerprint density at radius 1 is 1.24 bits per heavy atom. The monoisotopic (exact) mass is 375 g/mol.